The van der Waals surface area contributed by atoms with Crippen molar-refractivity contribution in [3.8, 4) is 0 Å². The average molecular weight is 174 g/mol. The van der Waals surface area contributed by atoms with Gasteiger partial charge in [0.2, 0.25) is 0 Å². The number of epoxide rings is 1. The van der Waals surface area contributed by atoms with Crippen molar-refractivity contribution in [1.82, 2.24) is 0 Å². The van der Waals surface area contributed by atoms with Gasteiger partial charge in [-0.3, -0.25) is 0 Å². The molecule has 0 amide bonds. The lowest BCUT2D eigenvalue weighted by Crippen LogP contribution is -2.26. The van der Waals surface area contributed by atoms with Crippen molar-refractivity contribution in [2.75, 3.05) is 0 Å². The highest BCUT2D eigenvalue weighted by Crippen LogP contribution is 2.55. The number of ether oxygens (including phenoxy) is 1. The van der Waals surface area contributed by atoms with Crippen LogP contribution in [0.1, 0.15) is 31.1 Å². The van der Waals surface area contributed by atoms with Gasteiger partial charge in [-0.1, -0.05) is 38.1 Å². The SMILES string of the molecule is CC1(C)Cc2ccccc2[C@@H]2O[C@@H]21. The van der Waals surface area contributed by atoms with Crippen LogP contribution in [0.15, 0.2) is 24.3 Å². The van der Waals surface area contributed by atoms with Gasteiger partial charge in [-0.05, 0) is 23.0 Å². The predicted molar refractivity (Wildman–Crippen MR) is 51.5 cm³/mol. The van der Waals surface area contributed by atoms with Gasteiger partial charge < -0.3 is 4.74 Å². The van der Waals surface area contributed by atoms with E-state index < -0.39 is 0 Å². The Balaban J connectivity index is 2.11. The molecule has 0 unspecified atom stereocenters. The van der Waals surface area contributed by atoms with Crippen molar-refractivity contribution in [2.24, 2.45) is 5.41 Å². The molecule has 13 heavy (non-hydrogen) atoms. The van der Waals surface area contributed by atoms with Crippen LogP contribution in [0.3, 0.4) is 0 Å². The van der Waals surface area contributed by atoms with E-state index in [-0.39, 0.29) is 0 Å². The highest BCUT2D eigenvalue weighted by molar-refractivity contribution is 5.37. The third-order valence-corrected chi connectivity index (χ3v) is 3.27. The maximum Gasteiger partial charge on any atom is 0.110 e. The molecule has 1 nitrogen and oxygen atoms in total. The average Bonchev–Trinajstić information content (AvgIpc) is 2.83. The number of benzene rings is 1. The van der Waals surface area contributed by atoms with Gasteiger partial charge in [-0.25, -0.2) is 0 Å². The van der Waals surface area contributed by atoms with E-state index in [1.807, 2.05) is 0 Å². The monoisotopic (exact) mass is 174 g/mol. The van der Waals surface area contributed by atoms with Crippen molar-refractivity contribution in [2.45, 2.75) is 32.5 Å². The zero-order valence-corrected chi connectivity index (χ0v) is 8.08. The molecular formula is C12H14O. The number of fused-ring (bicyclic) bond motifs is 3. The summed E-state index contributed by atoms with van der Waals surface area (Å²) in [4.78, 5) is 0. The van der Waals surface area contributed by atoms with Crippen LogP contribution in [-0.2, 0) is 11.2 Å². The molecule has 3 rings (SSSR count). The number of hydrogen-bond acceptors (Lipinski definition) is 1. The first-order valence-corrected chi connectivity index (χ1v) is 4.92. The van der Waals surface area contributed by atoms with Crippen LogP contribution in [0, 0.1) is 5.41 Å². The smallest absolute Gasteiger partial charge is 0.110 e. The minimum Gasteiger partial charge on any atom is -0.364 e. The van der Waals surface area contributed by atoms with Gasteiger partial charge in [-0.2, -0.15) is 0 Å². The molecule has 1 heteroatoms. The zero-order chi connectivity index (χ0) is 9.05. The Morgan fingerprint density at radius 2 is 2.08 bits per heavy atom. The van der Waals surface area contributed by atoms with E-state index in [1.54, 1.807) is 0 Å². The van der Waals surface area contributed by atoms with E-state index in [4.69, 9.17) is 4.74 Å². The maximum absolute atomic E-state index is 5.72. The van der Waals surface area contributed by atoms with E-state index in [2.05, 4.69) is 38.1 Å². The van der Waals surface area contributed by atoms with E-state index in [1.165, 1.54) is 11.1 Å². The van der Waals surface area contributed by atoms with Crippen molar-refractivity contribution in [3.63, 3.8) is 0 Å². The van der Waals surface area contributed by atoms with E-state index in [0.717, 1.165) is 6.42 Å². The highest BCUT2D eigenvalue weighted by atomic mass is 16.6. The fourth-order valence-electron chi connectivity index (χ4n) is 2.51. The van der Waals surface area contributed by atoms with Gasteiger partial charge in [0.25, 0.3) is 0 Å². The Bertz CT molecular complexity index is 354. The Kier molecular flexibility index (Phi) is 1.26. The van der Waals surface area contributed by atoms with Gasteiger partial charge in [0.15, 0.2) is 0 Å². The molecule has 0 spiro atoms. The van der Waals surface area contributed by atoms with Crippen molar-refractivity contribution in [3.05, 3.63) is 35.4 Å². The second kappa shape index (κ2) is 2.16. The molecule has 0 radical (unpaired) electrons. The lowest BCUT2D eigenvalue weighted by Gasteiger charge is -2.27. The molecule has 0 aromatic heterocycles. The Labute approximate surface area is 78.7 Å². The van der Waals surface area contributed by atoms with Crippen molar-refractivity contribution >= 4 is 0 Å². The fourth-order valence-corrected chi connectivity index (χ4v) is 2.51. The lowest BCUT2D eigenvalue weighted by molar-refractivity contribution is 0.242. The quantitative estimate of drug-likeness (QED) is 0.551. The maximum atomic E-state index is 5.72. The van der Waals surface area contributed by atoms with E-state index in [9.17, 15) is 0 Å². The topological polar surface area (TPSA) is 12.5 Å². The van der Waals surface area contributed by atoms with Crippen LogP contribution < -0.4 is 0 Å². The Morgan fingerprint density at radius 3 is 2.92 bits per heavy atom. The number of rotatable bonds is 0. The third kappa shape index (κ3) is 0.969. The second-order valence-corrected chi connectivity index (χ2v) is 4.84. The molecule has 1 heterocycles. The summed E-state index contributed by atoms with van der Waals surface area (Å²) in [6, 6.07) is 8.66. The van der Waals surface area contributed by atoms with Crippen molar-refractivity contribution < 1.29 is 4.74 Å². The first kappa shape index (κ1) is 7.57. The third-order valence-electron chi connectivity index (χ3n) is 3.27. The predicted octanol–water partition coefficient (Wildman–Crippen LogP) is 2.71. The fraction of sp³-hybridized carbons (Fsp3) is 0.500. The van der Waals surface area contributed by atoms with Crippen molar-refractivity contribution in [1.29, 1.82) is 0 Å². The minimum atomic E-state index is 0.332. The molecule has 1 saturated heterocycles. The van der Waals surface area contributed by atoms with Gasteiger partial charge in [-0.15, -0.1) is 0 Å². The zero-order valence-electron chi connectivity index (χ0n) is 8.08. The first-order chi connectivity index (χ1) is 6.18. The minimum absolute atomic E-state index is 0.332. The van der Waals surface area contributed by atoms with Crippen LogP contribution in [0.5, 0.6) is 0 Å². The summed E-state index contributed by atoms with van der Waals surface area (Å²) in [5.41, 5.74) is 3.23. The standard InChI is InChI=1S/C12H14O/c1-12(2)7-8-5-3-4-6-9(8)10-11(12)13-10/h3-6,10-11H,7H2,1-2H3/t10-,11-/m0/s1. The molecule has 1 aliphatic heterocycles. The van der Waals surface area contributed by atoms with E-state index in [0.29, 0.717) is 17.6 Å². The summed E-state index contributed by atoms with van der Waals surface area (Å²) in [7, 11) is 0. The summed E-state index contributed by atoms with van der Waals surface area (Å²) in [6.45, 7) is 4.60. The summed E-state index contributed by atoms with van der Waals surface area (Å²) in [6.07, 6.45) is 2.03. The largest absolute Gasteiger partial charge is 0.364 e. The van der Waals surface area contributed by atoms with Crippen LogP contribution in [0.25, 0.3) is 0 Å². The van der Waals surface area contributed by atoms with Crippen LogP contribution in [-0.4, -0.2) is 6.10 Å². The van der Waals surface area contributed by atoms with Crippen LogP contribution in [0.4, 0.5) is 0 Å². The second-order valence-electron chi connectivity index (χ2n) is 4.84. The van der Waals surface area contributed by atoms with Gasteiger partial charge in [0.1, 0.15) is 6.10 Å². The van der Waals surface area contributed by atoms with Crippen LogP contribution in [0.2, 0.25) is 0 Å². The number of hydrogen-bond donors (Lipinski definition) is 0. The van der Waals surface area contributed by atoms with Gasteiger partial charge in [0.05, 0.1) is 6.10 Å². The molecule has 2 aliphatic rings. The summed E-state index contributed by atoms with van der Waals surface area (Å²) >= 11 is 0. The summed E-state index contributed by atoms with van der Waals surface area (Å²) in [5, 5.41) is 0. The Hall–Kier alpha value is -0.820. The Morgan fingerprint density at radius 1 is 1.31 bits per heavy atom. The molecule has 0 saturated carbocycles. The lowest BCUT2D eigenvalue weighted by atomic mass is 9.74. The normalized spacial score (nSPS) is 33.4. The molecule has 0 N–H and O–H groups in total. The molecule has 68 valence electrons. The molecule has 1 aromatic carbocycles. The summed E-state index contributed by atoms with van der Waals surface area (Å²) < 4.78 is 5.72. The molecule has 1 aromatic rings. The molecule has 1 aliphatic carbocycles. The first-order valence-electron chi connectivity index (χ1n) is 4.92. The molecule has 2 atom stereocenters. The molecule has 0 bridgehead atoms. The van der Waals surface area contributed by atoms with E-state index >= 15 is 0 Å². The molecular weight excluding hydrogens is 160 g/mol. The highest BCUT2D eigenvalue weighted by Gasteiger charge is 2.54. The van der Waals surface area contributed by atoms with Gasteiger partial charge >= 0.3 is 0 Å². The van der Waals surface area contributed by atoms with Crippen LogP contribution >= 0.6 is 0 Å². The molecule has 1 fully saturated rings. The van der Waals surface area contributed by atoms with Gasteiger partial charge in [0, 0.05) is 0 Å². The summed E-state index contributed by atoms with van der Waals surface area (Å²) in [5.74, 6) is 0.